The third kappa shape index (κ3) is 2.99. The van der Waals surface area contributed by atoms with Crippen molar-refractivity contribution in [1.82, 2.24) is 9.29 Å². The fourth-order valence-corrected chi connectivity index (χ4v) is 5.36. The number of para-hydroxylation sites is 1. The lowest BCUT2D eigenvalue weighted by Gasteiger charge is -2.37. The summed E-state index contributed by atoms with van der Waals surface area (Å²) in [6.45, 7) is 0.627. The Morgan fingerprint density at radius 3 is 2.37 bits per heavy atom. The topological polar surface area (TPSA) is 74.1 Å². The second-order valence-electron chi connectivity index (χ2n) is 6.80. The molecule has 1 aliphatic heterocycles. The van der Waals surface area contributed by atoms with E-state index >= 15 is 0 Å². The van der Waals surface area contributed by atoms with Crippen LogP contribution in [0.5, 0.6) is 0 Å². The van der Waals surface area contributed by atoms with Gasteiger partial charge in [0.15, 0.2) is 0 Å². The zero-order valence-electron chi connectivity index (χ0n) is 14.7. The van der Waals surface area contributed by atoms with Gasteiger partial charge in [0.05, 0.1) is 17.0 Å². The highest BCUT2D eigenvalue weighted by Crippen LogP contribution is 2.37. The van der Waals surface area contributed by atoms with E-state index in [9.17, 15) is 13.7 Å². The average Bonchev–Trinajstić information content (AvgIpc) is 2.74. The molecule has 0 aliphatic carbocycles. The molecule has 0 saturated carbocycles. The SMILES string of the molecule is N#CC1(c2ccccc2)CCN(S(=O)(=O)c2cccc3cccnc23)CC1. The molecular formula is C21H19N3O2S. The quantitative estimate of drug-likeness (QED) is 0.700. The Kier molecular flexibility index (Phi) is 4.42. The van der Waals surface area contributed by atoms with Crippen LogP contribution in [0.4, 0.5) is 0 Å². The summed E-state index contributed by atoms with van der Waals surface area (Å²) in [4.78, 5) is 4.50. The monoisotopic (exact) mass is 377 g/mol. The Morgan fingerprint density at radius 2 is 1.67 bits per heavy atom. The van der Waals surface area contributed by atoms with Gasteiger partial charge in [-0.1, -0.05) is 48.5 Å². The molecule has 3 aromatic rings. The van der Waals surface area contributed by atoms with E-state index in [1.807, 2.05) is 42.5 Å². The van der Waals surface area contributed by atoms with Crippen molar-refractivity contribution in [2.45, 2.75) is 23.2 Å². The first-order valence-electron chi connectivity index (χ1n) is 8.88. The summed E-state index contributed by atoms with van der Waals surface area (Å²) in [6, 6.07) is 20.9. The molecule has 1 aromatic heterocycles. The van der Waals surface area contributed by atoms with Crippen molar-refractivity contribution in [3.63, 3.8) is 0 Å². The maximum Gasteiger partial charge on any atom is 0.245 e. The molecule has 4 rings (SSSR count). The minimum Gasteiger partial charge on any atom is -0.255 e. The van der Waals surface area contributed by atoms with Crippen molar-refractivity contribution in [3.05, 3.63) is 72.4 Å². The van der Waals surface area contributed by atoms with Gasteiger partial charge in [-0.25, -0.2) is 8.42 Å². The Balaban J connectivity index is 1.65. The molecule has 0 bridgehead atoms. The van der Waals surface area contributed by atoms with E-state index < -0.39 is 15.4 Å². The zero-order valence-corrected chi connectivity index (χ0v) is 15.6. The number of piperidine rings is 1. The van der Waals surface area contributed by atoms with Crippen molar-refractivity contribution >= 4 is 20.9 Å². The number of benzene rings is 2. The third-order valence-electron chi connectivity index (χ3n) is 5.33. The van der Waals surface area contributed by atoms with Gasteiger partial charge < -0.3 is 0 Å². The van der Waals surface area contributed by atoms with Gasteiger partial charge in [-0.2, -0.15) is 9.57 Å². The maximum atomic E-state index is 13.2. The molecule has 0 atom stereocenters. The van der Waals surface area contributed by atoms with E-state index in [0.29, 0.717) is 31.4 Å². The van der Waals surface area contributed by atoms with Crippen LogP contribution in [-0.2, 0) is 15.4 Å². The van der Waals surface area contributed by atoms with Crippen molar-refractivity contribution in [1.29, 1.82) is 5.26 Å². The van der Waals surface area contributed by atoms with Crippen LogP contribution in [0.2, 0.25) is 0 Å². The fourth-order valence-electron chi connectivity index (χ4n) is 3.75. The van der Waals surface area contributed by atoms with Gasteiger partial charge >= 0.3 is 0 Å². The highest BCUT2D eigenvalue weighted by Gasteiger charge is 2.40. The number of rotatable bonds is 3. The molecular weight excluding hydrogens is 358 g/mol. The third-order valence-corrected chi connectivity index (χ3v) is 7.26. The van der Waals surface area contributed by atoms with Crippen molar-refractivity contribution in [2.75, 3.05) is 13.1 Å². The number of sulfonamides is 1. The van der Waals surface area contributed by atoms with Crippen LogP contribution in [0.15, 0.2) is 71.8 Å². The number of nitrogens with zero attached hydrogens (tertiary/aromatic N) is 3. The Labute approximate surface area is 158 Å². The Hall–Kier alpha value is -2.75. The largest absolute Gasteiger partial charge is 0.255 e. The smallest absolute Gasteiger partial charge is 0.245 e. The van der Waals surface area contributed by atoms with E-state index in [1.54, 1.807) is 24.4 Å². The van der Waals surface area contributed by atoms with Crippen molar-refractivity contribution in [3.8, 4) is 6.07 Å². The molecule has 5 nitrogen and oxygen atoms in total. The van der Waals surface area contributed by atoms with Crippen LogP contribution in [0, 0.1) is 11.3 Å². The van der Waals surface area contributed by atoms with Crippen LogP contribution in [0.1, 0.15) is 18.4 Å². The van der Waals surface area contributed by atoms with Gasteiger partial charge in [0.25, 0.3) is 0 Å². The number of fused-ring (bicyclic) bond motifs is 1. The molecule has 2 heterocycles. The fraction of sp³-hybridized carbons (Fsp3) is 0.238. The minimum atomic E-state index is -3.67. The van der Waals surface area contributed by atoms with E-state index in [4.69, 9.17) is 0 Å². The summed E-state index contributed by atoms with van der Waals surface area (Å²) in [6.07, 6.45) is 2.56. The predicted molar refractivity (Wildman–Crippen MR) is 103 cm³/mol. The van der Waals surface area contributed by atoms with E-state index in [1.165, 1.54) is 4.31 Å². The lowest BCUT2D eigenvalue weighted by molar-refractivity contribution is 0.277. The number of pyridine rings is 1. The number of aromatic nitrogens is 1. The first-order chi connectivity index (χ1) is 13.1. The molecule has 136 valence electrons. The van der Waals surface area contributed by atoms with Gasteiger partial charge in [0.1, 0.15) is 4.90 Å². The van der Waals surface area contributed by atoms with E-state index in [-0.39, 0.29) is 4.90 Å². The molecule has 1 fully saturated rings. The van der Waals surface area contributed by atoms with Crippen LogP contribution in [-0.4, -0.2) is 30.8 Å². The summed E-state index contributed by atoms with van der Waals surface area (Å²) in [7, 11) is -3.67. The van der Waals surface area contributed by atoms with Gasteiger partial charge in [0.2, 0.25) is 10.0 Å². The number of hydrogen-bond acceptors (Lipinski definition) is 4. The van der Waals surface area contributed by atoms with Gasteiger partial charge in [0, 0.05) is 24.7 Å². The molecule has 0 N–H and O–H groups in total. The molecule has 1 saturated heterocycles. The normalized spacial score (nSPS) is 17.4. The molecule has 1 aliphatic rings. The lowest BCUT2D eigenvalue weighted by Crippen LogP contribution is -2.44. The Bertz CT molecular complexity index is 1110. The molecule has 0 spiro atoms. The Morgan fingerprint density at radius 1 is 0.963 bits per heavy atom. The van der Waals surface area contributed by atoms with Crippen LogP contribution in [0.3, 0.4) is 0 Å². The summed E-state index contributed by atoms with van der Waals surface area (Å²) in [5.41, 5.74) is 0.807. The molecule has 0 amide bonds. The zero-order chi connectivity index (χ0) is 18.9. The van der Waals surface area contributed by atoms with Crippen LogP contribution < -0.4 is 0 Å². The average molecular weight is 377 g/mol. The first kappa shape index (κ1) is 17.7. The van der Waals surface area contributed by atoms with Crippen molar-refractivity contribution in [2.24, 2.45) is 0 Å². The van der Waals surface area contributed by atoms with Crippen LogP contribution >= 0.6 is 0 Å². The standard InChI is InChI=1S/C21H19N3O2S/c22-16-21(18-8-2-1-3-9-18)11-14-24(15-12-21)27(25,26)19-10-4-6-17-7-5-13-23-20(17)19/h1-10,13H,11-12,14-15H2. The van der Waals surface area contributed by atoms with Gasteiger partial charge in [-0.15, -0.1) is 0 Å². The summed E-state index contributed by atoms with van der Waals surface area (Å²) in [5, 5.41) is 10.6. The molecule has 0 radical (unpaired) electrons. The summed E-state index contributed by atoms with van der Waals surface area (Å²) in [5.74, 6) is 0. The van der Waals surface area contributed by atoms with Gasteiger partial charge in [-0.05, 0) is 30.5 Å². The summed E-state index contributed by atoms with van der Waals surface area (Å²) >= 11 is 0. The first-order valence-corrected chi connectivity index (χ1v) is 10.3. The van der Waals surface area contributed by atoms with E-state index in [2.05, 4.69) is 11.1 Å². The van der Waals surface area contributed by atoms with Crippen molar-refractivity contribution < 1.29 is 8.42 Å². The second kappa shape index (κ2) is 6.76. The van der Waals surface area contributed by atoms with Gasteiger partial charge in [-0.3, -0.25) is 4.98 Å². The number of hydrogen-bond donors (Lipinski definition) is 0. The second-order valence-corrected chi connectivity index (χ2v) is 8.70. The predicted octanol–water partition coefficient (Wildman–Crippen LogP) is 3.48. The molecule has 2 aromatic carbocycles. The number of nitriles is 1. The molecule has 0 unspecified atom stereocenters. The van der Waals surface area contributed by atoms with Crippen LogP contribution in [0.25, 0.3) is 10.9 Å². The molecule has 6 heteroatoms. The minimum absolute atomic E-state index is 0.227. The molecule has 27 heavy (non-hydrogen) atoms. The van der Waals surface area contributed by atoms with E-state index in [0.717, 1.165) is 10.9 Å². The maximum absolute atomic E-state index is 13.2. The lowest BCUT2D eigenvalue weighted by atomic mass is 9.74. The summed E-state index contributed by atoms with van der Waals surface area (Å²) < 4.78 is 28.0. The highest BCUT2D eigenvalue weighted by molar-refractivity contribution is 7.89. The highest BCUT2D eigenvalue weighted by atomic mass is 32.2.